The van der Waals surface area contributed by atoms with Crippen LogP contribution < -0.4 is 4.90 Å². The molecule has 13 heteroatoms. The first kappa shape index (κ1) is 27.1. The Balaban J connectivity index is 1.73. The van der Waals surface area contributed by atoms with Gasteiger partial charge in [-0.15, -0.1) is 10.2 Å². The van der Waals surface area contributed by atoms with Crippen LogP contribution in [0, 0.1) is 6.92 Å². The molecule has 0 amide bonds. The Bertz CT molecular complexity index is 1240. The van der Waals surface area contributed by atoms with Gasteiger partial charge in [0.05, 0.1) is 60.4 Å². The third kappa shape index (κ3) is 8.00. The van der Waals surface area contributed by atoms with Crippen molar-refractivity contribution >= 4 is 48.2 Å². The second-order valence-corrected chi connectivity index (χ2v) is 9.86. The second-order valence-electron chi connectivity index (χ2n) is 7.43. The van der Waals surface area contributed by atoms with Gasteiger partial charge in [-0.05, 0) is 48.9 Å². The molecule has 0 unspecified atom stereocenters. The number of aromatic nitrogens is 1. The maximum absolute atomic E-state index is 11.3. The van der Waals surface area contributed by atoms with E-state index in [-0.39, 0.29) is 31.3 Å². The lowest BCUT2D eigenvalue weighted by Crippen LogP contribution is -2.31. The molecule has 0 aliphatic rings. The molecular weight excluding hydrogens is 496 g/mol. The van der Waals surface area contributed by atoms with Gasteiger partial charge in [-0.3, -0.25) is 4.55 Å². The first-order valence-electron chi connectivity index (χ1n) is 10.8. The molecule has 35 heavy (non-hydrogen) atoms. The molecule has 1 aromatic heterocycles. The zero-order valence-electron chi connectivity index (χ0n) is 19.2. The van der Waals surface area contributed by atoms with Crippen LogP contribution in [-0.4, -0.2) is 80.9 Å². The van der Waals surface area contributed by atoms with Crippen molar-refractivity contribution in [3.63, 3.8) is 0 Å². The Labute approximate surface area is 207 Å². The van der Waals surface area contributed by atoms with Crippen LogP contribution in [0.4, 0.5) is 16.5 Å². The minimum absolute atomic E-state index is 0.0330. The van der Waals surface area contributed by atoms with E-state index in [2.05, 4.69) is 20.1 Å². The summed E-state index contributed by atoms with van der Waals surface area (Å²) in [5.74, 6) is 0. The number of azo groups is 1. The molecule has 0 saturated heterocycles. The second kappa shape index (κ2) is 13.0. The molecule has 0 aliphatic heterocycles. The van der Waals surface area contributed by atoms with E-state index in [0.717, 1.165) is 11.3 Å². The monoisotopic (exact) mass is 524 g/mol. The number of aliphatic hydroxyl groups excluding tert-OH is 2. The molecule has 3 rings (SSSR count). The maximum Gasteiger partial charge on any atom is 0.294 e. The van der Waals surface area contributed by atoms with Gasteiger partial charge in [0, 0.05) is 18.8 Å². The van der Waals surface area contributed by atoms with Crippen molar-refractivity contribution in [3.05, 3.63) is 42.0 Å². The van der Waals surface area contributed by atoms with Gasteiger partial charge in [-0.2, -0.15) is 8.42 Å². The Morgan fingerprint density at radius 1 is 0.971 bits per heavy atom. The van der Waals surface area contributed by atoms with Crippen molar-refractivity contribution in [1.29, 1.82) is 0 Å². The largest absolute Gasteiger partial charge is 0.394 e. The number of ether oxygens (including phenoxy) is 2. The van der Waals surface area contributed by atoms with E-state index in [0.29, 0.717) is 47.3 Å². The number of hydrogen-bond acceptors (Lipinski definition) is 11. The molecular formula is C22H28N4O7S2. The van der Waals surface area contributed by atoms with Crippen LogP contribution >= 0.6 is 11.3 Å². The van der Waals surface area contributed by atoms with E-state index in [1.807, 2.05) is 25.1 Å². The first-order chi connectivity index (χ1) is 16.8. The summed E-state index contributed by atoms with van der Waals surface area (Å²) in [5.41, 5.74) is 3.04. The number of hydrogen-bond donors (Lipinski definition) is 3. The normalized spacial score (nSPS) is 12.1. The Morgan fingerprint density at radius 2 is 1.66 bits per heavy atom. The minimum Gasteiger partial charge on any atom is -0.394 e. The van der Waals surface area contributed by atoms with Crippen LogP contribution in [0.1, 0.15) is 5.56 Å². The van der Waals surface area contributed by atoms with E-state index in [1.165, 1.54) is 29.5 Å². The summed E-state index contributed by atoms with van der Waals surface area (Å²) in [6, 6.07) is 9.88. The number of anilines is 1. The summed E-state index contributed by atoms with van der Waals surface area (Å²) >= 11 is 1.17. The van der Waals surface area contributed by atoms with Crippen LogP contribution in [0.15, 0.2) is 51.5 Å². The van der Waals surface area contributed by atoms with Gasteiger partial charge in [-0.25, -0.2) is 4.98 Å². The quantitative estimate of drug-likeness (QED) is 0.164. The molecule has 0 radical (unpaired) electrons. The van der Waals surface area contributed by atoms with E-state index in [4.69, 9.17) is 19.7 Å². The van der Waals surface area contributed by atoms with Gasteiger partial charge in [0.25, 0.3) is 10.1 Å². The van der Waals surface area contributed by atoms with Gasteiger partial charge >= 0.3 is 0 Å². The summed E-state index contributed by atoms with van der Waals surface area (Å²) in [7, 11) is -4.29. The average Bonchev–Trinajstić information content (AvgIpc) is 3.24. The highest BCUT2D eigenvalue weighted by Gasteiger charge is 2.13. The van der Waals surface area contributed by atoms with Crippen molar-refractivity contribution in [2.75, 3.05) is 57.6 Å². The molecule has 0 aliphatic carbocycles. The van der Waals surface area contributed by atoms with Crippen LogP contribution in [-0.2, 0) is 19.6 Å². The fourth-order valence-corrected chi connectivity index (χ4v) is 4.60. The number of thiazole rings is 1. The van der Waals surface area contributed by atoms with Gasteiger partial charge in [-0.1, -0.05) is 11.3 Å². The number of fused-ring (bicyclic) bond motifs is 1. The molecule has 11 nitrogen and oxygen atoms in total. The number of benzene rings is 2. The van der Waals surface area contributed by atoms with Gasteiger partial charge in [0.15, 0.2) is 0 Å². The zero-order valence-corrected chi connectivity index (χ0v) is 20.8. The summed E-state index contributed by atoms with van der Waals surface area (Å²) in [6.07, 6.45) is 0. The summed E-state index contributed by atoms with van der Waals surface area (Å²) in [5, 5.41) is 26.6. The van der Waals surface area contributed by atoms with Crippen LogP contribution in [0.3, 0.4) is 0 Å². The number of nitrogens with zero attached hydrogens (tertiary/aromatic N) is 4. The van der Waals surface area contributed by atoms with Crippen LogP contribution in [0.2, 0.25) is 0 Å². The highest BCUT2D eigenvalue weighted by molar-refractivity contribution is 7.85. The van der Waals surface area contributed by atoms with Crippen molar-refractivity contribution < 1.29 is 32.7 Å². The lowest BCUT2D eigenvalue weighted by Gasteiger charge is -2.25. The lowest BCUT2D eigenvalue weighted by molar-refractivity contribution is 0.0884. The van der Waals surface area contributed by atoms with Crippen molar-refractivity contribution in [1.82, 2.24) is 4.98 Å². The third-order valence-electron chi connectivity index (χ3n) is 4.92. The maximum atomic E-state index is 11.3. The molecule has 0 saturated carbocycles. The van der Waals surface area contributed by atoms with Gasteiger partial charge in [0.2, 0.25) is 5.13 Å². The van der Waals surface area contributed by atoms with Crippen LogP contribution in [0.25, 0.3) is 10.2 Å². The first-order valence-corrected chi connectivity index (χ1v) is 13.1. The van der Waals surface area contributed by atoms with E-state index >= 15 is 0 Å². The highest BCUT2D eigenvalue weighted by Crippen LogP contribution is 2.32. The number of rotatable bonds is 14. The predicted octanol–water partition coefficient (Wildman–Crippen LogP) is 3.09. The summed E-state index contributed by atoms with van der Waals surface area (Å²) < 4.78 is 43.3. The molecule has 3 aromatic rings. The summed E-state index contributed by atoms with van der Waals surface area (Å²) in [4.78, 5) is 6.22. The third-order valence-corrected chi connectivity index (χ3v) is 6.67. The molecule has 0 bridgehead atoms. The SMILES string of the molecule is Cc1cc(N(CCOCCO)CCOCCO)ccc1N=Nc1nc2ccc(S(=O)(=O)O)cc2s1. The minimum atomic E-state index is -4.29. The van der Waals surface area contributed by atoms with E-state index in [9.17, 15) is 13.0 Å². The number of aryl methyl sites for hydroxylation is 1. The summed E-state index contributed by atoms with van der Waals surface area (Å²) in [6.45, 7) is 4.48. The Hall–Kier alpha value is -2.52. The van der Waals surface area contributed by atoms with Crippen molar-refractivity contribution in [3.8, 4) is 0 Å². The molecule has 3 N–H and O–H groups in total. The predicted molar refractivity (Wildman–Crippen MR) is 133 cm³/mol. The highest BCUT2D eigenvalue weighted by atomic mass is 32.2. The van der Waals surface area contributed by atoms with Crippen molar-refractivity contribution in [2.45, 2.75) is 11.8 Å². The average molecular weight is 525 g/mol. The van der Waals surface area contributed by atoms with Gasteiger partial charge in [0.1, 0.15) is 0 Å². The molecule has 190 valence electrons. The van der Waals surface area contributed by atoms with Gasteiger partial charge < -0.3 is 24.6 Å². The fraction of sp³-hybridized carbons (Fsp3) is 0.409. The smallest absolute Gasteiger partial charge is 0.294 e. The molecule has 1 heterocycles. The topological polar surface area (TPSA) is 154 Å². The standard InChI is InChI=1S/C22H28N4O7S2/c1-16-14-17(26(6-10-32-12-8-27)7-11-33-13-9-28)2-4-19(16)24-25-22-23-20-5-3-18(35(29,30)31)15-21(20)34-22/h2-5,14-15,27-28H,6-13H2,1H3,(H,29,30,31). The molecule has 0 spiro atoms. The molecule has 2 aromatic carbocycles. The molecule has 0 atom stereocenters. The lowest BCUT2D eigenvalue weighted by atomic mass is 10.1. The van der Waals surface area contributed by atoms with Crippen LogP contribution in [0.5, 0.6) is 0 Å². The van der Waals surface area contributed by atoms with Crippen molar-refractivity contribution in [2.24, 2.45) is 10.2 Å². The zero-order chi connectivity index (χ0) is 25.3. The number of aliphatic hydroxyl groups is 2. The van der Waals surface area contributed by atoms with E-state index < -0.39 is 10.1 Å². The Morgan fingerprint density at radius 3 is 2.26 bits per heavy atom. The fourth-order valence-electron chi connectivity index (χ4n) is 3.19. The van der Waals surface area contributed by atoms with E-state index in [1.54, 1.807) is 0 Å². The Kier molecular flexibility index (Phi) is 10.0. The molecule has 0 fully saturated rings.